The molecule has 0 heterocycles. The van der Waals surface area contributed by atoms with Gasteiger partial charge in [0.2, 0.25) is 0 Å². The zero-order chi connectivity index (χ0) is 18.9. The topological polar surface area (TPSA) is 0 Å². The van der Waals surface area contributed by atoms with Crippen LogP contribution in [0.15, 0.2) is 24.8 Å². The maximum Gasteiger partial charge on any atom is 0.130 e. The Kier molecular flexibility index (Phi) is 6.16. The molecule has 0 radical (unpaired) electrons. The Labute approximate surface area is 162 Å². The molecule has 2 saturated carbocycles. The summed E-state index contributed by atoms with van der Waals surface area (Å²) in [5.74, 6) is 1.73. The standard InChI is InChI=1S/C23H32F2S/c1-4-15-5-7-16(8-6-15)17-9-11-18(12-10-17)19-13-20(24)22(21(25)14-19)23(2,3)26/h4,13-18,26H,1,5-12H2,2-3H3. The molecule has 0 bridgehead atoms. The lowest BCUT2D eigenvalue weighted by Crippen LogP contribution is -2.25. The Morgan fingerprint density at radius 2 is 1.38 bits per heavy atom. The summed E-state index contributed by atoms with van der Waals surface area (Å²) >= 11 is 4.34. The van der Waals surface area contributed by atoms with Gasteiger partial charge in [-0.05, 0) is 107 Å². The first-order valence-electron chi connectivity index (χ1n) is 10.1. The van der Waals surface area contributed by atoms with E-state index in [0.717, 1.165) is 30.2 Å². The smallest absolute Gasteiger partial charge is 0.130 e. The first-order valence-corrected chi connectivity index (χ1v) is 10.6. The van der Waals surface area contributed by atoms with Gasteiger partial charge in [-0.15, -0.1) is 6.58 Å². The van der Waals surface area contributed by atoms with Crippen LogP contribution in [0, 0.1) is 29.4 Å². The van der Waals surface area contributed by atoms with Gasteiger partial charge in [-0.1, -0.05) is 6.08 Å². The van der Waals surface area contributed by atoms with Crippen molar-refractivity contribution in [3.05, 3.63) is 47.5 Å². The van der Waals surface area contributed by atoms with Gasteiger partial charge in [0.1, 0.15) is 11.6 Å². The fraction of sp³-hybridized carbons (Fsp3) is 0.652. The number of halogens is 2. The van der Waals surface area contributed by atoms with Crippen LogP contribution in [0.2, 0.25) is 0 Å². The van der Waals surface area contributed by atoms with Crippen LogP contribution in [0.3, 0.4) is 0 Å². The van der Waals surface area contributed by atoms with Crippen molar-refractivity contribution < 1.29 is 8.78 Å². The van der Waals surface area contributed by atoms with Crippen molar-refractivity contribution in [1.82, 2.24) is 0 Å². The van der Waals surface area contributed by atoms with Gasteiger partial charge >= 0.3 is 0 Å². The van der Waals surface area contributed by atoms with E-state index < -0.39 is 16.4 Å². The summed E-state index contributed by atoms with van der Waals surface area (Å²) < 4.78 is 28.2. The predicted molar refractivity (Wildman–Crippen MR) is 109 cm³/mol. The molecular formula is C23H32F2S. The summed E-state index contributed by atoms with van der Waals surface area (Å²) in [5, 5.41) is 0. The van der Waals surface area contributed by atoms with Crippen LogP contribution in [0.5, 0.6) is 0 Å². The maximum atomic E-state index is 14.5. The zero-order valence-electron chi connectivity index (χ0n) is 16.1. The molecule has 0 aliphatic heterocycles. The highest BCUT2D eigenvalue weighted by Gasteiger charge is 2.32. The normalized spacial score (nSPS) is 30.2. The minimum atomic E-state index is -0.811. The van der Waals surface area contributed by atoms with Crippen molar-refractivity contribution in [2.75, 3.05) is 0 Å². The summed E-state index contributed by atoms with van der Waals surface area (Å²) in [6, 6.07) is 3.10. The summed E-state index contributed by atoms with van der Waals surface area (Å²) in [6.45, 7) is 7.39. The second-order valence-corrected chi connectivity index (χ2v) is 10.1. The minimum Gasteiger partial charge on any atom is -0.207 e. The molecule has 0 amide bonds. The number of thiol groups is 1. The molecule has 3 heteroatoms. The molecule has 1 aromatic rings. The van der Waals surface area contributed by atoms with Crippen LogP contribution in [0.4, 0.5) is 8.78 Å². The lowest BCUT2D eigenvalue weighted by molar-refractivity contribution is 0.171. The minimum absolute atomic E-state index is 0.0808. The van der Waals surface area contributed by atoms with Crippen molar-refractivity contribution in [3.8, 4) is 0 Å². The molecule has 2 aliphatic rings. The van der Waals surface area contributed by atoms with E-state index in [1.54, 1.807) is 26.0 Å². The van der Waals surface area contributed by atoms with E-state index in [1.165, 1.54) is 38.5 Å². The first kappa shape index (κ1) is 19.9. The van der Waals surface area contributed by atoms with Gasteiger partial charge in [0.05, 0.1) is 0 Å². The highest BCUT2D eigenvalue weighted by Crippen LogP contribution is 2.44. The Morgan fingerprint density at radius 3 is 1.81 bits per heavy atom. The molecule has 144 valence electrons. The molecule has 0 unspecified atom stereocenters. The predicted octanol–water partition coefficient (Wildman–Crippen LogP) is 7.40. The molecule has 0 aromatic heterocycles. The van der Waals surface area contributed by atoms with E-state index in [9.17, 15) is 8.78 Å². The Hall–Kier alpha value is -0.830. The average molecular weight is 379 g/mol. The third-order valence-corrected chi connectivity index (χ3v) is 6.96. The molecule has 1 aromatic carbocycles. The lowest BCUT2D eigenvalue weighted by atomic mass is 9.68. The molecule has 0 saturated heterocycles. The van der Waals surface area contributed by atoms with Crippen molar-refractivity contribution in [1.29, 1.82) is 0 Å². The van der Waals surface area contributed by atoms with E-state index in [0.29, 0.717) is 5.92 Å². The average Bonchev–Trinajstić information content (AvgIpc) is 2.60. The summed E-state index contributed by atoms with van der Waals surface area (Å²) in [5.41, 5.74) is 0.910. The Bertz CT molecular complexity index is 607. The fourth-order valence-corrected chi connectivity index (χ4v) is 5.40. The van der Waals surface area contributed by atoms with Gasteiger partial charge in [-0.2, -0.15) is 12.6 Å². The monoisotopic (exact) mass is 378 g/mol. The van der Waals surface area contributed by atoms with Crippen LogP contribution >= 0.6 is 12.6 Å². The number of benzene rings is 1. The zero-order valence-corrected chi connectivity index (χ0v) is 17.0. The van der Waals surface area contributed by atoms with E-state index in [2.05, 4.69) is 25.3 Å². The van der Waals surface area contributed by atoms with Gasteiger partial charge in [-0.25, -0.2) is 8.78 Å². The van der Waals surface area contributed by atoms with Crippen molar-refractivity contribution in [2.45, 2.75) is 75.9 Å². The first-order chi connectivity index (χ1) is 12.3. The molecule has 3 rings (SSSR count). The molecular weight excluding hydrogens is 346 g/mol. The number of rotatable bonds is 4. The molecule has 0 spiro atoms. The van der Waals surface area contributed by atoms with Crippen LogP contribution in [0.1, 0.15) is 82.3 Å². The highest BCUT2D eigenvalue weighted by atomic mass is 32.1. The summed E-state index contributed by atoms with van der Waals surface area (Å²) in [4.78, 5) is 0. The highest BCUT2D eigenvalue weighted by molar-refractivity contribution is 7.81. The van der Waals surface area contributed by atoms with Gasteiger partial charge in [-0.3, -0.25) is 0 Å². The molecule has 0 N–H and O–H groups in total. The second kappa shape index (κ2) is 8.04. The number of allylic oxidation sites excluding steroid dienone is 1. The third kappa shape index (κ3) is 4.35. The lowest BCUT2D eigenvalue weighted by Gasteiger charge is -2.37. The van der Waals surface area contributed by atoms with Crippen LogP contribution in [0.25, 0.3) is 0 Å². The number of hydrogen-bond acceptors (Lipinski definition) is 1. The largest absolute Gasteiger partial charge is 0.207 e. The molecule has 0 nitrogen and oxygen atoms in total. The maximum absolute atomic E-state index is 14.5. The van der Waals surface area contributed by atoms with Gasteiger partial charge in [0, 0.05) is 10.3 Å². The van der Waals surface area contributed by atoms with E-state index in [-0.39, 0.29) is 11.5 Å². The van der Waals surface area contributed by atoms with Crippen LogP contribution in [-0.4, -0.2) is 0 Å². The van der Waals surface area contributed by atoms with Crippen molar-refractivity contribution >= 4 is 12.6 Å². The summed E-state index contributed by atoms with van der Waals surface area (Å²) in [7, 11) is 0. The fourth-order valence-electron chi connectivity index (χ4n) is 5.19. The SMILES string of the molecule is C=CC1CCC(C2CCC(c3cc(F)c(C(C)(C)S)c(F)c3)CC2)CC1. The molecule has 2 fully saturated rings. The molecule has 0 atom stereocenters. The van der Waals surface area contributed by atoms with Gasteiger partial charge in [0.25, 0.3) is 0 Å². The Balaban J connectivity index is 1.63. The molecule has 2 aliphatic carbocycles. The van der Waals surface area contributed by atoms with Gasteiger partial charge < -0.3 is 0 Å². The second-order valence-electron chi connectivity index (χ2n) is 8.94. The summed E-state index contributed by atoms with van der Waals surface area (Å²) in [6.07, 6.45) is 11.8. The van der Waals surface area contributed by atoms with Crippen LogP contribution in [-0.2, 0) is 4.75 Å². The number of hydrogen-bond donors (Lipinski definition) is 1. The third-order valence-electron chi connectivity index (χ3n) is 6.74. The van der Waals surface area contributed by atoms with Crippen molar-refractivity contribution in [2.24, 2.45) is 17.8 Å². The van der Waals surface area contributed by atoms with Crippen molar-refractivity contribution in [3.63, 3.8) is 0 Å². The van der Waals surface area contributed by atoms with Crippen LogP contribution < -0.4 is 0 Å². The van der Waals surface area contributed by atoms with E-state index in [4.69, 9.17) is 0 Å². The van der Waals surface area contributed by atoms with E-state index >= 15 is 0 Å². The Morgan fingerprint density at radius 1 is 0.923 bits per heavy atom. The quantitative estimate of drug-likeness (QED) is 0.409. The van der Waals surface area contributed by atoms with Gasteiger partial charge in [0.15, 0.2) is 0 Å². The molecule has 26 heavy (non-hydrogen) atoms. The van der Waals surface area contributed by atoms with E-state index in [1.807, 2.05) is 0 Å².